The Hall–Kier alpha value is -2.81. The minimum Gasteiger partial charge on any atom is -0.393 e. The number of rotatable bonds is 4. The van der Waals surface area contributed by atoms with E-state index in [1.807, 2.05) is 24.3 Å². The lowest BCUT2D eigenvalue weighted by atomic mass is 10.2. The van der Waals surface area contributed by atoms with Gasteiger partial charge in [-0.1, -0.05) is 28.1 Å². The average molecular weight is 424 g/mol. The van der Waals surface area contributed by atoms with Crippen molar-refractivity contribution in [2.75, 3.05) is 16.4 Å². The number of hydrogen-bond acceptors (Lipinski definition) is 5. The van der Waals surface area contributed by atoms with Gasteiger partial charge in [-0.3, -0.25) is 0 Å². The molecular weight excluding hydrogens is 411 g/mol. The first-order valence-electron chi connectivity index (χ1n) is 7.40. The minimum atomic E-state index is -4.43. The molecule has 5 nitrogen and oxygen atoms in total. The van der Waals surface area contributed by atoms with Crippen molar-refractivity contribution in [3.63, 3.8) is 0 Å². The molecule has 3 aromatic rings. The summed E-state index contributed by atoms with van der Waals surface area (Å²) in [5, 5.41) is 5.85. The molecule has 0 spiro atoms. The fraction of sp³-hybridized carbons (Fsp3) is 0.0588. The van der Waals surface area contributed by atoms with E-state index in [1.54, 1.807) is 0 Å². The van der Waals surface area contributed by atoms with Gasteiger partial charge >= 0.3 is 6.18 Å². The first-order valence-corrected chi connectivity index (χ1v) is 8.19. The fourth-order valence-corrected chi connectivity index (χ4v) is 2.61. The van der Waals surface area contributed by atoms with Gasteiger partial charge in [0, 0.05) is 15.8 Å². The number of alkyl halides is 3. The van der Waals surface area contributed by atoms with Crippen LogP contribution in [0.25, 0.3) is 0 Å². The zero-order valence-corrected chi connectivity index (χ0v) is 14.8. The monoisotopic (exact) mass is 423 g/mol. The Morgan fingerprint density at radius 1 is 0.885 bits per heavy atom. The molecule has 0 radical (unpaired) electrons. The van der Waals surface area contributed by atoms with Crippen LogP contribution in [0.4, 0.5) is 41.9 Å². The molecule has 2 aromatic carbocycles. The topological polar surface area (TPSA) is 75.9 Å². The molecule has 0 atom stereocenters. The van der Waals surface area contributed by atoms with Crippen molar-refractivity contribution in [1.82, 2.24) is 9.97 Å². The number of anilines is 5. The Bertz CT molecular complexity index is 930. The predicted octanol–water partition coefficient (Wildman–Crippen LogP) is 5.33. The molecule has 0 amide bonds. The second-order valence-electron chi connectivity index (χ2n) is 5.32. The van der Waals surface area contributed by atoms with Crippen LogP contribution in [0, 0.1) is 0 Å². The van der Waals surface area contributed by atoms with E-state index in [0.29, 0.717) is 5.82 Å². The third-order valence-corrected chi connectivity index (χ3v) is 3.92. The molecule has 9 heteroatoms. The summed E-state index contributed by atoms with van der Waals surface area (Å²) in [5.74, 6) is 0.546. The van der Waals surface area contributed by atoms with Gasteiger partial charge in [-0.15, -0.1) is 0 Å². The molecule has 1 aromatic heterocycles. The first kappa shape index (κ1) is 18.0. The molecule has 0 fully saturated rings. The third kappa shape index (κ3) is 4.23. The van der Waals surface area contributed by atoms with Crippen LogP contribution in [0.2, 0.25) is 0 Å². The molecule has 26 heavy (non-hydrogen) atoms. The lowest BCUT2D eigenvalue weighted by Gasteiger charge is -2.14. The van der Waals surface area contributed by atoms with Crippen LogP contribution in [-0.2, 0) is 6.18 Å². The van der Waals surface area contributed by atoms with Gasteiger partial charge in [0.25, 0.3) is 0 Å². The molecule has 0 aliphatic carbocycles. The molecule has 0 saturated carbocycles. The number of nitrogens with two attached hydrogens (primary N) is 1. The molecule has 0 bridgehead atoms. The van der Waals surface area contributed by atoms with Crippen molar-refractivity contribution in [3.8, 4) is 0 Å². The average Bonchev–Trinajstić information content (AvgIpc) is 2.58. The standard InChI is InChI=1S/C17H13BrF3N5/c18-11-4-2-6-13(8-11)26-16-14(22)15(23-9-24-16)25-12-5-1-3-10(7-12)17(19,20)21/h1-9H,22H2,(H2,23,24,25,26). The van der Waals surface area contributed by atoms with Gasteiger partial charge in [-0.25, -0.2) is 9.97 Å². The molecule has 1 heterocycles. The summed E-state index contributed by atoms with van der Waals surface area (Å²) in [6.07, 6.45) is -3.16. The van der Waals surface area contributed by atoms with Gasteiger partial charge in [0.05, 0.1) is 5.56 Å². The van der Waals surface area contributed by atoms with Gasteiger partial charge in [0.2, 0.25) is 0 Å². The molecular formula is C17H13BrF3N5. The molecule has 0 aliphatic rings. The second kappa shape index (κ2) is 7.20. The molecule has 4 N–H and O–H groups in total. The lowest BCUT2D eigenvalue weighted by Crippen LogP contribution is -2.07. The van der Waals surface area contributed by atoms with E-state index in [-0.39, 0.29) is 17.2 Å². The third-order valence-electron chi connectivity index (χ3n) is 3.42. The SMILES string of the molecule is Nc1c(Nc2cccc(Br)c2)ncnc1Nc1cccc(C(F)(F)F)c1. The highest BCUT2D eigenvalue weighted by Gasteiger charge is 2.30. The van der Waals surface area contributed by atoms with E-state index < -0.39 is 11.7 Å². The zero-order valence-electron chi connectivity index (χ0n) is 13.2. The van der Waals surface area contributed by atoms with E-state index in [0.717, 1.165) is 22.3 Å². The number of nitrogens with zero attached hydrogens (tertiary/aromatic N) is 2. The Morgan fingerprint density at radius 3 is 2.04 bits per heavy atom. The molecule has 3 rings (SSSR count). The number of benzene rings is 2. The number of aromatic nitrogens is 2. The van der Waals surface area contributed by atoms with Crippen LogP contribution in [0.1, 0.15) is 5.56 Å². The summed E-state index contributed by atoms with van der Waals surface area (Å²) < 4.78 is 39.4. The normalized spacial score (nSPS) is 11.2. The molecule has 0 unspecified atom stereocenters. The summed E-state index contributed by atoms with van der Waals surface area (Å²) in [7, 11) is 0. The highest BCUT2D eigenvalue weighted by Crippen LogP contribution is 2.33. The van der Waals surface area contributed by atoms with E-state index >= 15 is 0 Å². The summed E-state index contributed by atoms with van der Waals surface area (Å²) in [4.78, 5) is 8.09. The fourth-order valence-electron chi connectivity index (χ4n) is 2.21. The van der Waals surface area contributed by atoms with Gasteiger partial charge in [-0.2, -0.15) is 13.2 Å². The summed E-state index contributed by atoms with van der Waals surface area (Å²) in [5.41, 5.74) is 6.45. The Morgan fingerprint density at radius 2 is 1.46 bits per heavy atom. The van der Waals surface area contributed by atoms with Crippen LogP contribution in [0.15, 0.2) is 59.3 Å². The van der Waals surface area contributed by atoms with Crippen LogP contribution in [0.5, 0.6) is 0 Å². The second-order valence-corrected chi connectivity index (χ2v) is 6.24. The maximum absolute atomic E-state index is 12.8. The van der Waals surface area contributed by atoms with Crippen molar-refractivity contribution in [1.29, 1.82) is 0 Å². The highest BCUT2D eigenvalue weighted by molar-refractivity contribution is 9.10. The van der Waals surface area contributed by atoms with Gasteiger partial charge in [0.15, 0.2) is 11.6 Å². The van der Waals surface area contributed by atoms with E-state index in [9.17, 15) is 13.2 Å². The minimum absolute atomic E-state index is 0.185. The summed E-state index contributed by atoms with van der Waals surface area (Å²) in [6.45, 7) is 0. The van der Waals surface area contributed by atoms with Crippen LogP contribution in [-0.4, -0.2) is 9.97 Å². The number of nitrogens with one attached hydrogen (secondary N) is 2. The Kier molecular flexibility index (Phi) is 4.99. The number of hydrogen-bond donors (Lipinski definition) is 3. The van der Waals surface area contributed by atoms with E-state index in [1.165, 1.54) is 18.5 Å². The van der Waals surface area contributed by atoms with E-state index in [2.05, 4.69) is 36.5 Å². The van der Waals surface area contributed by atoms with Crippen molar-refractivity contribution in [3.05, 3.63) is 64.9 Å². The highest BCUT2D eigenvalue weighted by atomic mass is 79.9. The summed E-state index contributed by atoms with van der Waals surface area (Å²) >= 11 is 3.37. The smallest absolute Gasteiger partial charge is 0.393 e. The molecule has 0 aliphatic heterocycles. The largest absolute Gasteiger partial charge is 0.416 e. The molecule has 134 valence electrons. The molecule has 0 saturated heterocycles. The Balaban J connectivity index is 1.86. The number of nitrogen functional groups attached to an aromatic ring is 1. The van der Waals surface area contributed by atoms with Gasteiger partial charge < -0.3 is 16.4 Å². The van der Waals surface area contributed by atoms with Crippen molar-refractivity contribution < 1.29 is 13.2 Å². The predicted molar refractivity (Wildman–Crippen MR) is 98.6 cm³/mol. The lowest BCUT2D eigenvalue weighted by molar-refractivity contribution is -0.137. The van der Waals surface area contributed by atoms with Gasteiger partial charge in [-0.05, 0) is 36.4 Å². The maximum atomic E-state index is 12.8. The quantitative estimate of drug-likeness (QED) is 0.528. The maximum Gasteiger partial charge on any atom is 0.416 e. The van der Waals surface area contributed by atoms with E-state index in [4.69, 9.17) is 5.73 Å². The zero-order chi connectivity index (χ0) is 18.7. The van der Waals surface area contributed by atoms with Crippen LogP contribution < -0.4 is 16.4 Å². The summed E-state index contributed by atoms with van der Waals surface area (Å²) in [6, 6.07) is 12.2. The van der Waals surface area contributed by atoms with Crippen molar-refractivity contribution >= 4 is 44.6 Å². The Labute approximate surface area is 155 Å². The van der Waals surface area contributed by atoms with Crippen molar-refractivity contribution in [2.24, 2.45) is 0 Å². The number of halogens is 4. The van der Waals surface area contributed by atoms with Crippen molar-refractivity contribution in [2.45, 2.75) is 6.18 Å². The van der Waals surface area contributed by atoms with Crippen LogP contribution >= 0.6 is 15.9 Å². The van der Waals surface area contributed by atoms with Crippen LogP contribution in [0.3, 0.4) is 0 Å². The first-order chi connectivity index (χ1) is 12.3. The van der Waals surface area contributed by atoms with Gasteiger partial charge in [0.1, 0.15) is 12.0 Å².